The molecule has 0 aromatic rings. The summed E-state index contributed by atoms with van der Waals surface area (Å²) in [6.07, 6.45) is 4.08. The van der Waals surface area contributed by atoms with Crippen molar-refractivity contribution in [2.75, 3.05) is 33.2 Å². The Bertz CT molecular complexity index is 306. The number of likely N-dealkylation sites (N-methyl/N-ethyl adjacent to an activating group) is 1. The molecule has 5 nitrogen and oxygen atoms in total. The van der Waals surface area contributed by atoms with Crippen LogP contribution in [0, 0.1) is 0 Å². The fourth-order valence-electron chi connectivity index (χ4n) is 2.56. The maximum Gasteiger partial charge on any atom is 0.242 e. The Labute approximate surface area is 102 Å². The first-order chi connectivity index (χ1) is 8.16. The molecule has 1 unspecified atom stereocenters. The molecular weight excluding hydrogens is 218 g/mol. The fourth-order valence-corrected chi connectivity index (χ4v) is 2.56. The number of amides is 2. The molecule has 1 atom stereocenters. The summed E-state index contributed by atoms with van der Waals surface area (Å²) < 4.78 is 0. The first-order valence-electron chi connectivity index (χ1n) is 6.41. The summed E-state index contributed by atoms with van der Waals surface area (Å²) in [4.78, 5) is 27.2. The van der Waals surface area contributed by atoms with Crippen LogP contribution in [0.1, 0.15) is 25.7 Å². The van der Waals surface area contributed by atoms with Crippen LogP contribution in [0.4, 0.5) is 0 Å². The number of carbonyl (C=O) groups excluding carboxylic acids is 2. The molecule has 0 aliphatic carbocycles. The zero-order valence-electron chi connectivity index (χ0n) is 10.4. The lowest BCUT2D eigenvalue weighted by Crippen LogP contribution is -2.47. The van der Waals surface area contributed by atoms with Crippen molar-refractivity contribution in [2.45, 2.75) is 31.7 Å². The number of hydrogen-bond donors (Lipinski definition) is 1. The van der Waals surface area contributed by atoms with E-state index >= 15 is 0 Å². The molecule has 2 saturated heterocycles. The van der Waals surface area contributed by atoms with E-state index in [0.29, 0.717) is 19.0 Å². The van der Waals surface area contributed by atoms with Crippen molar-refractivity contribution in [2.24, 2.45) is 0 Å². The molecule has 2 aliphatic rings. The highest BCUT2D eigenvalue weighted by atomic mass is 16.2. The lowest BCUT2D eigenvalue weighted by Gasteiger charge is -2.35. The third-order valence-electron chi connectivity index (χ3n) is 3.75. The topological polar surface area (TPSA) is 52.6 Å². The van der Waals surface area contributed by atoms with E-state index in [4.69, 9.17) is 0 Å². The molecular formula is C12H21N3O2. The number of hydrogen-bond acceptors (Lipinski definition) is 3. The zero-order valence-corrected chi connectivity index (χ0v) is 10.4. The Morgan fingerprint density at radius 3 is 2.88 bits per heavy atom. The normalized spacial score (nSPS) is 27.8. The Morgan fingerprint density at radius 2 is 2.12 bits per heavy atom. The molecule has 0 aromatic heterocycles. The molecule has 0 aromatic carbocycles. The quantitative estimate of drug-likeness (QED) is 0.727. The van der Waals surface area contributed by atoms with Crippen LogP contribution in [0.15, 0.2) is 0 Å². The highest BCUT2D eigenvalue weighted by molar-refractivity contribution is 5.87. The van der Waals surface area contributed by atoms with Crippen LogP contribution in [0.2, 0.25) is 0 Å². The van der Waals surface area contributed by atoms with E-state index in [1.54, 1.807) is 0 Å². The predicted octanol–water partition coefficient (Wildman–Crippen LogP) is -0.181. The van der Waals surface area contributed by atoms with Crippen LogP contribution in [-0.4, -0.2) is 60.9 Å². The van der Waals surface area contributed by atoms with Crippen molar-refractivity contribution >= 4 is 11.8 Å². The molecule has 0 bridgehead atoms. The van der Waals surface area contributed by atoms with Gasteiger partial charge in [-0.3, -0.25) is 9.59 Å². The van der Waals surface area contributed by atoms with Crippen molar-refractivity contribution in [3.05, 3.63) is 0 Å². The summed E-state index contributed by atoms with van der Waals surface area (Å²) in [6.45, 7) is 2.61. The second-order valence-electron chi connectivity index (χ2n) is 5.00. The van der Waals surface area contributed by atoms with E-state index < -0.39 is 0 Å². The number of rotatable bonds is 2. The highest BCUT2D eigenvalue weighted by Gasteiger charge is 2.26. The summed E-state index contributed by atoms with van der Waals surface area (Å²) in [5.74, 6) is 0.0349. The standard InChI is InChI=1S/C12H21N3O2/c1-14-6-3-2-4-10(14)9-15-7-5-11(16)13-8-12(15)17/h10H,2-9H2,1H3,(H,13,16). The number of carbonyl (C=O) groups is 2. The lowest BCUT2D eigenvalue weighted by molar-refractivity contribution is -0.130. The van der Waals surface area contributed by atoms with Crippen molar-refractivity contribution in [3.63, 3.8) is 0 Å². The smallest absolute Gasteiger partial charge is 0.242 e. The average molecular weight is 239 g/mol. The maximum absolute atomic E-state index is 11.8. The van der Waals surface area contributed by atoms with E-state index in [9.17, 15) is 9.59 Å². The van der Waals surface area contributed by atoms with Crippen molar-refractivity contribution in [3.8, 4) is 0 Å². The molecule has 2 fully saturated rings. The van der Waals surface area contributed by atoms with Crippen LogP contribution in [0.5, 0.6) is 0 Å². The minimum absolute atomic E-state index is 0.0159. The zero-order chi connectivity index (χ0) is 12.3. The summed E-state index contributed by atoms with van der Waals surface area (Å²) in [5, 5.41) is 2.63. The second-order valence-corrected chi connectivity index (χ2v) is 5.00. The molecule has 0 spiro atoms. The van der Waals surface area contributed by atoms with Gasteiger partial charge in [0.25, 0.3) is 0 Å². The van der Waals surface area contributed by atoms with E-state index in [1.807, 2.05) is 4.90 Å². The molecule has 2 rings (SSSR count). The van der Waals surface area contributed by atoms with Crippen molar-refractivity contribution in [1.29, 1.82) is 0 Å². The van der Waals surface area contributed by atoms with Crippen LogP contribution < -0.4 is 5.32 Å². The third-order valence-corrected chi connectivity index (χ3v) is 3.75. The molecule has 0 saturated carbocycles. The minimum atomic E-state index is -0.0159. The minimum Gasteiger partial charge on any atom is -0.347 e. The summed E-state index contributed by atoms with van der Waals surface area (Å²) in [6, 6.07) is 0.459. The number of piperidine rings is 1. The van der Waals surface area contributed by atoms with E-state index in [-0.39, 0.29) is 18.4 Å². The monoisotopic (exact) mass is 239 g/mol. The lowest BCUT2D eigenvalue weighted by atomic mass is 10.0. The van der Waals surface area contributed by atoms with Crippen LogP contribution in [0.25, 0.3) is 0 Å². The van der Waals surface area contributed by atoms with Gasteiger partial charge in [0, 0.05) is 25.6 Å². The Balaban J connectivity index is 1.91. The molecule has 2 aliphatic heterocycles. The largest absolute Gasteiger partial charge is 0.347 e. The van der Waals surface area contributed by atoms with Gasteiger partial charge in [-0.1, -0.05) is 6.42 Å². The predicted molar refractivity (Wildman–Crippen MR) is 64.5 cm³/mol. The Kier molecular flexibility index (Phi) is 3.99. The average Bonchev–Trinajstić information content (AvgIpc) is 2.47. The number of nitrogens with zero attached hydrogens (tertiary/aromatic N) is 2. The SMILES string of the molecule is CN1CCCCC1CN1CCC(=O)NCC1=O. The van der Waals surface area contributed by atoms with Gasteiger partial charge in [0.2, 0.25) is 11.8 Å². The molecule has 2 amide bonds. The number of likely N-dealkylation sites (tertiary alicyclic amines) is 1. The summed E-state index contributed by atoms with van der Waals surface area (Å²) >= 11 is 0. The molecule has 2 heterocycles. The molecule has 1 N–H and O–H groups in total. The van der Waals surface area contributed by atoms with Gasteiger partial charge in [-0.05, 0) is 26.4 Å². The summed E-state index contributed by atoms with van der Waals surface area (Å²) in [5.41, 5.74) is 0. The van der Waals surface area contributed by atoms with Crippen LogP contribution >= 0.6 is 0 Å². The highest BCUT2D eigenvalue weighted by Crippen LogP contribution is 2.16. The molecule has 17 heavy (non-hydrogen) atoms. The molecule has 96 valence electrons. The number of nitrogens with one attached hydrogen (secondary N) is 1. The van der Waals surface area contributed by atoms with E-state index in [0.717, 1.165) is 19.5 Å². The van der Waals surface area contributed by atoms with Crippen molar-refractivity contribution in [1.82, 2.24) is 15.1 Å². The van der Waals surface area contributed by atoms with Gasteiger partial charge in [-0.2, -0.15) is 0 Å². The van der Waals surface area contributed by atoms with Gasteiger partial charge in [0.15, 0.2) is 0 Å². The first kappa shape index (κ1) is 12.4. The van der Waals surface area contributed by atoms with Gasteiger partial charge >= 0.3 is 0 Å². The van der Waals surface area contributed by atoms with Crippen molar-refractivity contribution < 1.29 is 9.59 Å². The van der Waals surface area contributed by atoms with Gasteiger partial charge in [0.1, 0.15) is 0 Å². The van der Waals surface area contributed by atoms with Gasteiger partial charge in [-0.25, -0.2) is 0 Å². The third kappa shape index (κ3) is 3.19. The Morgan fingerprint density at radius 1 is 1.29 bits per heavy atom. The van der Waals surface area contributed by atoms with E-state index in [2.05, 4.69) is 17.3 Å². The van der Waals surface area contributed by atoms with Gasteiger partial charge in [0.05, 0.1) is 6.54 Å². The van der Waals surface area contributed by atoms with E-state index in [1.165, 1.54) is 12.8 Å². The Hall–Kier alpha value is -1.10. The fraction of sp³-hybridized carbons (Fsp3) is 0.833. The first-order valence-corrected chi connectivity index (χ1v) is 6.41. The maximum atomic E-state index is 11.8. The molecule has 5 heteroatoms. The van der Waals surface area contributed by atoms with Crippen LogP contribution in [-0.2, 0) is 9.59 Å². The molecule has 0 radical (unpaired) electrons. The second kappa shape index (κ2) is 5.49. The van der Waals surface area contributed by atoms with Gasteiger partial charge in [-0.15, -0.1) is 0 Å². The van der Waals surface area contributed by atoms with Gasteiger partial charge < -0.3 is 15.1 Å². The van der Waals surface area contributed by atoms with Crippen LogP contribution in [0.3, 0.4) is 0 Å². The summed E-state index contributed by atoms with van der Waals surface area (Å²) in [7, 11) is 2.12.